The van der Waals surface area contributed by atoms with Crippen LogP contribution in [0, 0.1) is 10.1 Å². The number of alkyl halides is 6. The van der Waals surface area contributed by atoms with Crippen LogP contribution < -0.4 is 0 Å². The molecule has 10 heteroatoms. The third kappa shape index (κ3) is 2.63. The second-order valence-corrected chi connectivity index (χ2v) is 2.81. The van der Waals surface area contributed by atoms with Gasteiger partial charge in [0.1, 0.15) is 6.20 Å². The molecule has 1 aromatic rings. The number of hydrogen-bond acceptors (Lipinski definition) is 3. The van der Waals surface area contributed by atoms with E-state index in [1.54, 1.807) is 0 Å². The molecule has 0 radical (unpaired) electrons. The molecule has 0 aliphatic rings. The van der Waals surface area contributed by atoms with Crippen LogP contribution in [0.5, 0.6) is 0 Å². The predicted molar refractivity (Wildman–Crippen MR) is 40.9 cm³/mol. The van der Waals surface area contributed by atoms with Crippen molar-refractivity contribution in [2.75, 3.05) is 0 Å². The van der Waals surface area contributed by atoms with Crippen molar-refractivity contribution in [2.24, 2.45) is 0 Å². The van der Waals surface area contributed by atoms with E-state index in [2.05, 4.69) is 4.98 Å². The number of halogens is 6. The highest BCUT2D eigenvalue weighted by Crippen LogP contribution is 2.43. The third-order valence-electron chi connectivity index (χ3n) is 1.69. The van der Waals surface area contributed by atoms with E-state index in [-0.39, 0.29) is 6.07 Å². The molecule has 4 nitrogen and oxygen atoms in total. The lowest BCUT2D eigenvalue weighted by molar-refractivity contribution is -0.393. The van der Waals surface area contributed by atoms with E-state index in [0.29, 0.717) is 6.20 Å². The zero-order valence-electron chi connectivity index (χ0n) is 7.63. The van der Waals surface area contributed by atoms with Gasteiger partial charge in [-0.15, -0.1) is 0 Å². The van der Waals surface area contributed by atoms with Crippen molar-refractivity contribution < 1.29 is 31.3 Å². The van der Waals surface area contributed by atoms with E-state index in [0.717, 1.165) is 0 Å². The summed E-state index contributed by atoms with van der Waals surface area (Å²) in [6.45, 7) is 0. The van der Waals surface area contributed by atoms with Crippen LogP contribution >= 0.6 is 0 Å². The summed E-state index contributed by atoms with van der Waals surface area (Å²) in [5, 5.41) is 10.2. The first-order valence-electron chi connectivity index (χ1n) is 3.83. The molecule has 17 heavy (non-hydrogen) atoms. The number of aromatic nitrogens is 1. The Hall–Kier alpha value is -1.87. The Labute approximate surface area is 89.0 Å². The van der Waals surface area contributed by atoms with Crippen molar-refractivity contribution in [1.29, 1.82) is 0 Å². The van der Waals surface area contributed by atoms with Crippen LogP contribution in [-0.2, 0) is 12.4 Å². The third-order valence-corrected chi connectivity index (χ3v) is 1.69. The van der Waals surface area contributed by atoms with Gasteiger partial charge < -0.3 is 10.1 Å². The van der Waals surface area contributed by atoms with Crippen LogP contribution in [0.4, 0.5) is 32.2 Å². The minimum atomic E-state index is -5.51. The van der Waals surface area contributed by atoms with Crippen LogP contribution in [-0.4, -0.2) is 9.91 Å². The van der Waals surface area contributed by atoms with Gasteiger partial charge in [0.15, 0.2) is 5.56 Å². The molecule has 0 unspecified atom stereocenters. The topological polar surface area (TPSA) is 56.0 Å². The van der Waals surface area contributed by atoms with Crippen LogP contribution in [0.15, 0.2) is 12.3 Å². The summed E-state index contributed by atoms with van der Waals surface area (Å²) >= 11 is 0. The van der Waals surface area contributed by atoms with Crippen molar-refractivity contribution in [2.45, 2.75) is 12.4 Å². The van der Waals surface area contributed by atoms with Gasteiger partial charge in [-0.1, -0.05) is 0 Å². The van der Waals surface area contributed by atoms with Crippen LogP contribution in [0.3, 0.4) is 0 Å². The van der Waals surface area contributed by atoms with E-state index < -0.39 is 34.2 Å². The number of pyridine rings is 1. The highest BCUT2D eigenvalue weighted by molar-refractivity contribution is 5.43. The lowest BCUT2D eigenvalue weighted by atomic mass is 10.1. The molecule has 0 fully saturated rings. The van der Waals surface area contributed by atoms with Gasteiger partial charge in [-0.25, -0.2) is 0 Å². The van der Waals surface area contributed by atoms with E-state index >= 15 is 0 Å². The molecule has 1 heterocycles. The largest absolute Gasteiger partial charge is 0.425 e. The van der Waals surface area contributed by atoms with Crippen molar-refractivity contribution in [3.8, 4) is 0 Å². The van der Waals surface area contributed by atoms with Gasteiger partial charge in [-0.05, 0) is 16.0 Å². The molecular formula is C7H2F6N2O2. The maximum absolute atomic E-state index is 12.4. The van der Waals surface area contributed by atoms with Gasteiger partial charge in [0.2, 0.25) is 0 Å². The number of rotatable bonds is 1. The molecule has 1 aromatic heterocycles. The minimum absolute atomic E-state index is 0.0375. The highest BCUT2D eigenvalue weighted by Gasteiger charge is 2.49. The first-order valence-corrected chi connectivity index (χ1v) is 3.83. The fourth-order valence-electron chi connectivity index (χ4n) is 1.10. The fourth-order valence-corrected chi connectivity index (χ4v) is 1.10. The Balaban J connectivity index is 3.64. The summed E-state index contributed by atoms with van der Waals surface area (Å²) in [7, 11) is 0. The quantitative estimate of drug-likeness (QED) is 0.443. The maximum Gasteiger partial charge on any atom is 0.425 e. The molecule has 0 aromatic carbocycles. The Morgan fingerprint density at radius 3 is 2.00 bits per heavy atom. The van der Waals surface area contributed by atoms with Crippen LogP contribution in [0.2, 0.25) is 0 Å². The Morgan fingerprint density at radius 2 is 1.65 bits per heavy atom. The number of nitrogens with zero attached hydrogens (tertiary/aromatic N) is 2. The lowest BCUT2D eigenvalue weighted by Crippen LogP contribution is -2.19. The fraction of sp³-hybridized carbons (Fsp3) is 0.286. The molecule has 0 N–H and O–H groups in total. The molecule has 1 rings (SSSR count). The van der Waals surface area contributed by atoms with Gasteiger partial charge in [0, 0.05) is 0 Å². The summed E-state index contributed by atoms with van der Waals surface area (Å²) in [4.78, 5) is 11.3. The van der Waals surface area contributed by atoms with Crippen molar-refractivity contribution in [3.05, 3.63) is 33.5 Å². The number of hydrogen-bond donors (Lipinski definition) is 0. The second kappa shape index (κ2) is 3.86. The Morgan fingerprint density at radius 1 is 1.12 bits per heavy atom. The molecule has 0 saturated heterocycles. The normalized spacial score (nSPS) is 12.6. The van der Waals surface area contributed by atoms with E-state index in [1.165, 1.54) is 0 Å². The van der Waals surface area contributed by atoms with E-state index in [1.807, 2.05) is 0 Å². The van der Waals surface area contributed by atoms with Crippen molar-refractivity contribution >= 4 is 5.82 Å². The van der Waals surface area contributed by atoms with Crippen molar-refractivity contribution in [1.82, 2.24) is 4.98 Å². The SMILES string of the molecule is O=[N+]([O-])c1nccc(C(F)(F)F)c1C(F)(F)F. The van der Waals surface area contributed by atoms with Gasteiger partial charge in [-0.3, -0.25) is 0 Å². The average Bonchev–Trinajstić information content (AvgIpc) is 2.13. The zero-order chi connectivity index (χ0) is 13.4. The maximum atomic E-state index is 12.4. The lowest BCUT2D eigenvalue weighted by Gasteiger charge is -2.13. The molecule has 0 aliphatic carbocycles. The molecule has 0 aliphatic heterocycles. The zero-order valence-corrected chi connectivity index (χ0v) is 7.63. The molecule has 0 saturated carbocycles. The minimum Gasteiger partial charge on any atom is -0.358 e. The summed E-state index contributed by atoms with van der Waals surface area (Å²) in [5.74, 6) is -1.87. The highest BCUT2D eigenvalue weighted by atomic mass is 19.4. The smallest absolute Gasteiger partial charge is 0.358 e. The van der Waals surface area contributed by atoms with E-state index in [9.17, 15) is 36.5 Å². The second-order valence-electron chi connectivity index (χ2n) is 2.81. The molecule has 0 spiro atoms. The molecule has 0 atom stereocenters. The summed E-state index contributed by atoms with van der Waals surface area (Å²) < 4.78 is 73.9. The average molecular weight is 260 g/mol. The Kier molecular flexibility index (Phi) is 2.99. The molecular weight excluding hydrogens is 258 g/mol. The van der Waals surface area contributed by atoms with Crippen LogP contribution in [0.1, 0.15) is 11.1 Å². The summed E-state index contributed by atoms with van der Waals surface area (Å²) in [6.07, 6.45) is -10.6. The van der Waals surface area contributed by atoms with Gasteiger partial charge in [0.05, 0.1) is 5.56 Å². The van der Waals surface area contributed by atoms with E-state index in [4.69, 9.17) is 0 Å². The predicted octanol–water partition coefficient (Wildman–Crippen LogP) is 3.03. The number of nitro groups is 1. The standard InChI is InChI=1S/C7H2F6N2O2/c8-6(9,10)3-1-2-14-5(15(16)17)4(3)7(11,12)13/h1-2H. The van der Waals surface area contributed by atoms with Crippen molar-refractivity contribution in [3.63, 3.8) is 0 Å². The molecule has 94 valence electrons. The summed E-state index contributed by atoms with van der Waals surface area (Å²) in [5.41, 5.74) is -4.52. The molecule has 0 amide bonds. The molecule has 0 bridgehead atoms. The van der Waals surface area contributed by atoms with Gasteiger partial charge in [0.25, 0.3) is 0 Å². The van der Waals surface area contributed by atoms with Gasteiger partial charge >= 0.3 is 18.2 Å². The Bertz CT molecular complexity index is 453. The first-order chi connectivity index (χ1) is 7.55. The van der Waals surface area contributed by atoms with Crippen LogP contribution in [0.25, 0.3) is 0 Å². The monoisotopic (exact) mass is 260 g/mol. The summed E-state index contributed by atoms with van der Waals surface area (Å²) in [6, 6.07) is 0.0375. The van der Waals surface area contributed by atoms with Gasteiger partial charge in [-0.2, -0.15) is 26.3 Å². The first kappa shape index (κ1) is 13.2.